The molecule has 2 aliphatic rings. The molecule has 2 aromatic carbocycles. The third-order valence-electron chi connectivity index (χ3n) is 7.07. The molecule has 42 heavy (non-hydrogen) atoms. The van der Waals surface area contributed by atoms with Crippen LogP contribution < -0.4 is 20.1 Å². The Morgan fingerprint density at radius 3 is 2.45 bits per heavy atom. The van der Waals surface area contributed by atoms with Crippen LogP contribution in [0.15, 0.2) is 53.4 Å². The summed E-state index contributed by atoms with van der Waals surface area (Å²) in [5.74, 6) is -5.11. The molecule has 0 saturated heterocycles. The van der Waals surface area contributed by atoms with Gasteiger partial charge in [0, 0.05) is 24.2 Å². The van der Waals surface area contributed by atoms with Gasteiger partial charge in [-0.05, 0) is 48.9 Å². The number of carboxylic acid groups (broad SMARTS) is 1. The van der Waals surface area contributed by atoms with Crippen LogP contribution in [0.5, 0.6) is 11.5 Å². The summed E-state index contributed by atoms with van der Waals surface area (Å²) in [6.45, 7) is -0.124. The summed E-state index contributed by atoms with van der Waals surface area (Å²) in [7, 11) is -4.41. The number of amides is 2. The predicted octanol–water partition coefficient (Wildman–Crippen LogP) is 3.93. The summed E-state index contributed by atoms with van der Waals surface area (Å²) in [5.41, 5.74) is -5.80. The number of sulfone groups is 1. The van der Waals surface area contributed by atoms with E-state index in [1.54, 1.807) is 6.08 Å². The van der Waals surface area contributed by atoms with E-state index in [1.807, 2.05) is 6.08 Å². The molecule has 4 unspecified atom stereocenters. The molecular weight excluding hydrogens is 588 g/mol. The fourth-order valence-electron chi connectivity index (χ4n) is 5.10. The number of methoxy groups -OCH3 is 1. The van der Waals surface area contributed by atoms with Gasteiger partial charge >= 0.3 is 11.5 Å². The van der Waals surface area contributed by atoms with E-state index in [4.69, 9.17) is 14.6 Å². The van der Waals surface area contributed by atoms with E-state index < -0.39 is 55.8 Å². The van der Waals surface area contributed by atoms with Crippen molar-refractivity contribution in [3.8, 4) is 11.5 Å². The van der Waals surface area contributed by atoms with Crippen molar-refractivity contribution < 1.29 is 54.9 Å². The number of alkyl halides is 3. The van der Waals surface area contributed by atoms with Crippen LogP contribution in [0.1, 0.15) is 29.6 Å². The lowest BCUT2D eigenvalue weighted by atomic mass is 9.87. The minimum atomic E-state index is -5.64. The molecule has 2 amide bonds. The molecule has 1 fully saturated rings. The predicted molar refractivity (Wildman–Crippen MR) is 139 cm³/mol. The van der Waals surface area contributed by atoms with Gasteiger partial charge < -0.3 is 25.2 Å². The van der Waals surface area contributed by atoms with Gasteiger partial charge in [-0.3, -0.25) is 14.4 Å². The zero-order valence-corrected chi connectivity index (χ0v) is 22.8. The highest BCUT2D eigenvalue weighted by Gasteiger charge is 2.49. The van der Waals surface area contributed by atoms with Crippen LogP contribution in [0.3, 0.4) is 0 Å². The largest absolute Gasteiger partial charge is 0.501 e. The average Bonchev–Trinajstić information content (AvgIpc) is 3.53. The molecule has 4 atom stereocenters. The molecule has 0 aromatic heterocycles. The first-order chi connectivity index (χ1) is 19.7. The number of hydrogen-bond acceptors (Lipinski definition) is 7. The molecule has 0 heterocycles. The number of benzene rings is 2. The zero-order valence-electron chi connectivity index (χ0n) is 22.0. The number of anilines is 1. The number of halogens is 4. The Balaban J connectivity index is 1.52. The van der Waals surface area contributed by atoms with E-state index in [9.17, 15) is 40.4 Å². The molecule has 2 aromatic rings. The summed E-state index contributed by atoms with van der Waals surface area (Å²) in [4.78, 5) is 36.3. The number of allylic oxidation sites excluding steroid dienone is 1. The highest BCUT2D eigenvalue weighted by molar-refractivity contribution is 7.92. The van der Waals surface area contributed by atoms with Crippen molar-refractivity contribution in [2.75, 3.05) is 19.0 Å². The number of ether oxygens (including phenoxy) is 2. The van der Waals surface area contributed by atoms with Crippen LogP contribution in [0.2, 0.25) is 0 Å². The molecule has 3 N–H and O–H groups in total. The number of carboxylic acids is 1. The molecule has 10 nitrogen and oxygen atoms in total. The smallest absolute Gasteiger partial charge is 0.496 e. The Morgan fingerprint density at radius 1 is 1.07 bits per heavy atom. The van der Waals surface area contributed by atoms with E-state index in [2.05, 4.69) is 10.6 Å². The lowest BCUT2D eigenvalue weighted by Gasteiger charge is -2.28. The highest BCUT2D eigenvalue weighted by Crippen LogP contribution is 2.44. The van der Waals surface area contributed by atoms with Gasteiger partial charge in [0.05, 0.1) is 30.1 Å². The van der Waals surface area contributed by atoms with Crippen LogP contribution in [0.25, 0.3) is 0 Å². The third-order valence-corrected chi connectivity index (χ3v) is 8.55. The van der Waals surface area contributed by atoms with Gasteiger partial charge in [-0.25, -0.2) is 12.8 Å². The standard InChI is InChI=1S/C27H26F4N2O8S/c1-40-20-13-19(28)21(41-9-3-6-22(34)35)12-18(20)25(36)33-24-15-8-7-14(10-15)23(24)26(37)32-16-4-2-5-17(11-16)42(38,39)27(29,30)31/h2,4-5,7-8,11-15,23-24H,3,6,9-10H2,1H3,(H,32,37)(H,33,36)(H,34,35). The van der Waals surface area contributed by atoms with Crippen LogP contribution in [0.4, 0.5) is 23.2 Å². The first kappa shape index (κ1) is 30.8. The van der Waals surface area contributed by atoms with Gasteiger partial charge in [0.25, 0.3) is 15.7 Å². The number of rotatable bonds is 11. The summed E-state index contributed by atoms with van der Waals surface area (Å²) < 4.78 is 87.6. The lowest BCUT2D eigenvalue weighted by Crippen LogP contribution is -2.47. The third kappa shape index (κ3) is 6.35. The van der Waals surface area contributed by atoms with E-state index in [-0.39, 0.29) is 54.0 Å². The number of carbonyl (C=O) groups excluding carboxylic acids is 2. The number of nitrogens with one attached hydrogen (secondary N) is 2. The van der Waals surface area contributed by atoms with Crippen LogP contribution in [-0.2, 0) is 19.4 Å². The SMILES string of the molecule is COc1cc(F)c(OCCCC(=O)O)cc1C(=O)NC1C2C=CC(C2)C1C(=O)Nc1cccc(S(=O)(=O)C(F)(F)F)c1. The lowest BCUT2D eigenvalue weighted by molar-refractivity contribution is -0.137. The number of hydrogen-bond donors (Lipinski definition) is 3. The molecule has 0 radical (unpaired) electrons. The Morgan fingerprint density at radius 2 is 1.79 bits per heavy atom. The molecule has 15 heteroatoms. The summed E-state index contributed by atoms with van der Waals surface area (Å²) in [6, 6.07) is 5.07. The highest BCUT2D eigenvalue weighted by atomic mass is 32.2. The first-order valence-corrected chi connectivity index (χ1v) is 14.1. The van der Waals surface area contributed by atoms with Gasteiger partial charge in [0.1, 0.15) is 5.75 Å². The van der Waals surface area contributed by atoms with Crippen molar-refractivity contribution in [3.63, 3.8) is 0 Å². The van der Waals surface area contributed by atoms with Crippen molar-refractivity contribution >= 4 is 33.3 Å². The maximum atomic E-state index is 14.5. The maximum absolute atomic E-state index is 14.5. The van der Waals surface area contributed by atoms with Crippen LogP contribution in [0, 0.1) is 23.6 Å². The zero-order chi connectivity index (χ0) is 30.8. The number of carbonyl (C=O) groups is 3. The van der Waals surface area contributed by atoms with E-state index >= 15 is 0 Å². The fraction of sp³-hybridized carbons (Fsp3) is 0.370. The normalized spacial score (nSPS) is 21.2. The second kappa shape index (κ2) is 12.0. The van der Waals surface area contributed by atoms with Crippen LogP contribution >= 0.6 is 0 Å². The molecule has 0 aliphatic heterocycles. The second-order valence-corrected chi connectivity index (χ2v) is 11.7. The summed E-state index contributed by atoms with van der Waals surface area (Å²) in [6.07, 6.45) is 4.03. The Labute approximate surface area is 237 Å². The summed E-state index contributed by atoms with van der Waals surface area (Å²) >= 11 is 0. The fourth-order valence-corrected chi connectivity index (χ4v) is 5.91. The Hall–Kier alpha value is -4.14. The monoisotopic (exact) mass is 614 g/mol. The van der Waals surface area contributed by atoms with Gasteiger partial charge in [-0.15, -0.1) is 0 Å². The Bertz CT molecular complexity index is 1530. The number of fused-ring (bicyclic) bond motifs is 2. The second-order valence-electron chi connectivity index (χ2n) is 9.77. The van der Waals surface area contributed by atoms with Gasteiger partial charge in [-0.2, -0.15) is 13.2 Å². The maximum Gasteiger partial charge on any atom is 0.501 e. The molecular formula is C27H26F4N2O8S. The minimum Gasteiger partial charge on any atom is -0.496 e. The van der Waals surface area contributed by atoms with Crippen molar-refractivity contribution in [2.45, 2.75) is 35.7 Å². The van der Waals surface area contributed by atoms with E-state index in [0.29, 0.717) is 12.5 Å². The average molecular weight is 615 g/mol. The molecule has 0 spiro atoms. The quantitative estimate of drug-likeness (QED) is 0.196. The van der Waals surface area contributed by atoms with Crippen molar-refractivity contribution in [1.29, 1.82) is 0 Å². The van der Waals surface area contributed by atoms with Crippen LogP contribution in [-0.4, -0.2) is 56.6 Å². The van der Waals surface area contributed by atoms with Crippen molar-refractivity contribution in [2.24, 2.45) is 17.8 Å². The molecule has 2 aliphatic carbocycles. The number of aliphatic carboxylic acids is 1. The van der Waals surface area contributed by atoms with Gasteiger partial charge in [0.15, 0.2) is 11.6 Å². The van der Waals surface area contributed by atoms with Gasteiger partial charge in [-0.1, -0.05) is 18.2 Å². The first-order valence-electron chi connectivity index (χ1n) is 12.7. The summed E-state index contributed by atoms with van der Waals surface area (Å²) in [5, 5.41) is 14.0. The van der Waals surface area contributed by atoms with E-state index in [1.165, 1.54) is 13.2 Å². The van der Waals surface area contributed by atoms with Crippen molar-refractivity contribution in [1.82, 2.24) is 5.32 Å². The molecule has 4 rings (SSSR count). The molecule has 1 saturated carbocycles. The van der Waals surface area contributed by atoms with Gasteiger partial charge in [0.2, 0.25) is 5.91 Å². The van der Waals surface area contributed by atoms with Crippen molar-refractivity contribution in [3.05, 3.63) is 59.9 Å². The topological polar surface area (TPSA) is 148 Å². The minimum absolute atomic E-state index is 0.0989. The molecule has 2 bridgehead atoms. The molecule has 226 valence electrons. The van der Waals surface area contributed by atoms with E-state index in [0.717, 1.165) is 24.3 Å². The Kier molecular flexibility index (Phi) is 8.80.